The molecule has 2 rings (SSSR count). The lowest BCUT2D eigenvalue weighted by atomic mass is 10.2. The molecule has 2 aromatic rings. The summed E-state index contributed by atoms with van der Waals surface area (Å²) in [6.07, 6.45) is 0.389. The van der Waals surface area contributed by atoms with Gasteiger partial charge in [0.1, 0.15) is 11.3 Å². The summed E-state index contributed by atoms with van der Waals surface area (Å²) in [7, 11) is 1.36. The van der Waals surface area contributed by atoms with Crippen LogP contribution in [0.25, 0.3) is 11.0 Å². The molecule has 0 aliphatic rings. The first-order chi connectivity index (χ1) is 7.67. The molecule has 6 heteroatoms. The van der Waals surface area contributed by atoms with Crippen molar-refractivity contribution in [1.29, 1.82) is 0 Å². The van der Waals surface area contributed by atoms with Gasteiger partial charge in [-0.1, -0.05) is 11.6 Å². The van der Waals surface area contributed by atoms with E-state index in [0.717, 1.165) is 6.07 Å². The van der Waals surface area contributed by atoms with Crippen LogP contribution in [0.15, 0.2) is 12.1 Å². The standard InChI is InChI=1S/C10H6ClFN2O2/c1-16-10-9(11)13-7-3-2-6(12)5(4-15)8(7)14-10/h2-4H,1H3. The third-order valence-corrected chi connectivity index (χ3v) is 2.31. The van der Waals surface area contributed by atoms with Crippen LogP contribution in [0, 0.1) is 5.82 Å². The Labute approximate surface area is 95.0 Å². The van der Waals surface area contributed by atoms with Gasteiger partial charge in [0.15, 0.2) is 11.4 Å². The molecule has 0 fully saturated rings. The molecule has 1 heterocycles. The molecule has 1 aromatic carbocycles. The summed E-state index contributed by atoms with van der Waals surface area (Å²) in [6, 6.07) is 2.54. The third kappa shape index (κ3) is 1.59. The van der Waals surface area contributed by atoms with Crippen molar-refractivity contribution in [2.24, 2.45) is 0 Å². The second-order valence-electron chi connectivity index (χ2n) is 2.97. The molecule has 0 N–H and O–H groups in total. The van der Waals surface area contributed by atoms with E-state index in [-0.39, 0.29) is 22.1 Å². The number of halogens is 2. The van der Waals surface area contributed by atoms with Gasteiger partial charge < -0.3 is 4.74 Å². The first-order valence-corrected chi connectivity index (χ1v) is 4.70. The van der Waals surface area contributed by atoms with Crippen LogP contribution in [0.3, 0.4) is 0 Å². The molecule has 0 aliphatic heterocycles. The van der Waals surface area contributed by atoms with Crippen LogP contribution in [0.5, 0.6) is 5.88 Å². The Morgan fingerprint density at radius 2 is 2.19 bits per heavy atom. The summed E-state index contributed by atoms with van der Waals surface area (Å²) < 4.78 is 18.1. The molecule has 4 nitrogen and oxygen atoms in total. The second kappa shape index (κ2) is 4.02. The predicted molar refractivity (Wildman–Crippen MR) is 56.4 cm³/mol. The third-order valence-electron chi connectivity index (χ3n) is 2.06. The van der Waals surface area contributed by atoms with Crippen molar-refractivity contribution in [2.45, 2.75) is 0 Å². The molecule has 16 heavy (non-hydrogen) atoms. The smallest absolute Gasteiger partial charge is 0.252 e. The van der Waals surface area contributed by atoms with Crippen LogP contribution < -0.4 is 4.74 Å². The van der Waals surface area contributed by atoms with Gasteiger partial charge in [-0.25, -0.2) is 14.4 Å². The predicted octanol–water partition coefficient (Wildman–Crippen LogP) is 2.24. The maximum atomic E-state index is 13.3. The number of methoxy groups -OCH3 is 1. The van der Waals surface area contributed by atoms with Gasteiger partial charge in [-0.05, 0) is 12.1 Å². The van der Waals surface area contributed by atoms with E-state index in [0.29, 0.717) is 11.8 Å². The number of carbonyl (C=O) groups is 1. The molecular formula is C10H6ClFN2O2. The number of aromatic nitrogens is 2. The van der Waals surface area contributed by atoms with Gasteiger partial charge >= 0.3 is 0 Å². The van der Waals surface area contributed by atoms with E-state index in [1.165, 1.54) is 13.2 Å². The van der Waals surface area contributed by atoms with E-state index in [4.69, 9.17) is 16.3 Å². The van der Waals surface area contributed by atoms with Crippen molar-refractivity contribution < 1.29 is 13.9 Å². The number of hydrogen-bond acceptors (Lipinski definition) is 4. The average Bonchev–Trinajstić information content (AvgIpc) is 2.28. The first kappa shape index (κ1) is 10.8. The number of aldehydes is 1. The van der Waals surface area contributed by atoms with E-state index in [1.54, 1.807) is 0 Å². The van der Waals surface area contributed by atoms with Crippen molar-refractivity contribution in [1.82, 2.24) is 9.97 Å². The Balaban J connectivity index is 2.86. The van der Waals surface area contributed by atoms with Crippen molar-refractivity contribution in [3.8, 4) is 5.88 Å². The fourth-order valence-corrected chi connectivity index (χ4v) is 1.53. The number of hydrogen-bond donors (Lipinski definition) is 0. The summed E-state index contributed by atoms with van der Waals surface area (Å²) in [5, 5.41) is 0.0680. The Morgan fingerprint density at radius 3 is 2.81 bits per heavy atom. The zero-order valence-electron chi connectivity index (χ0n) is 8.20. The minimum atomic E-state index is -0.652. The Morgan fingerprint density at radius 1 is 1.44 bits per heavy atom. The number of rotatable bonds is 2. The Hall–Kier alpha value is -1.75. The van der Waals surface area contributed by atoms with E-state index in [9.17, 15) is 9.18 Å². The van der Waals surface area contributed by atoms with E-state index in [1.807, 2.05) is 0 Å². The zero-order valence-corrected chi connectivity index (χ0v) is 8.95. The van der Waals surface area contributed by atoms with Crippen LogP contribution in [0.4, 0.5) is 4.39 Å². The summed E-state index contributed by atoms with van der Waals surface area (Å²) in [5.74, 6) is -0.593. The molecule has 0 spiro atoms. The highest BCUT2D eigenvalue weighted by Gasteiger charge is 2.13. The van der Waals surface area contributed by atoms with Gasteiger partial charge in [0.05, 0.1) is 18.2 Å². The van der Waals surface area contributed by atoms with Gasteiger partial charge in [0, 0.05) is 0 Å². The number of carbonyl (C=O) groups excluding carboxylic acids is 1. The molecule has 0 saturated carbocycles. The van der Waals surface area contributed by atoms with Crippen LogP contribution in [0.2, 0.25) is 5.15 Å². The molecule has 82 valence electrons. The summed E-state index contributed by atoms with van der Waals surface area (Å²) in [6.45, 7) is 0. The minimum Gasteiger partial charge on any atom is -0.479 e. The monoisotopic (exact) mass is 240 g/mol. The van der Waals surface area contributed by atoms with Gasteiger partial charge in [0.25, 0.3) is 5.88 Å². The Kier molecular flexibility index (Phi) is 2.70. The lowest BCUT2D eigenvalue weighted by Gasteiger charge is -2.05. The normalized spacial score (nSPS) is 10.4. The SMILES string of the molecule is COc1nc2c(C=O)c(F)ccc2nc1Cl. The summed E-state index contributed by atoms with van der Waals surface area (Å²) in [4.78, 5) is 18.6. The van der Waals surface area contributed by atoms with E-state index >= 15 is 0 Å². The fraction of sp³-hybridized carbons (Fsp3) is 0.100. The summed E-state index contributed by atoms with van der Waals surface area (Å²) >= 11 is 5.76. The van der Waals surface area contributed by atoms with Gasteiger partial charge in [-0.15, -0.1) is 0 Å². The van der Waals surface area contributed by atoms with Gasteiger partial charge in [-0.2, -0.15) is 0 Å². The number of ether oxygens (including phenoxy) is 1. The number of fused-ring (bicyclic) bond motifs is 1. The van der Waals surface area contributed by atoms with Crippen molar-refractivity contribution in [2.75, 3.05) is 7.11 Å². The van der Waals surface area contributed by atoms with Crippen molar-refractivity contribution in [3.05, 3.63) is 28.7 Å². The lowest BCUT2D eigenvalue weighted by Crippen LogP contribution is -1.98. The average molecular weight is 241 g/mol. The van der Waals surface area contributed by atoms with E-state index in [2.05, 4.69) is 9.97 Å². The van der Waals surface area contributed by atoms with Crippen LogP contribution in [0.1, 0.15) is 10.4 Å². The molecule has 1 aromatic heterocycles. The van der Waals surface area contributed by atoms with Crippen LogP contribution in [-0.4, -0.2) is 23.4 Å². The topological polar surface area (TPSA) is 52.1 Å². The van der Waals surface area contributed by atoms with Gasteiger partial charge in [-0.3, -0.25) is 4.79 Å². The highest BCUT2D eigenvalue weighted by atomic mass is 35.5. The molecule has 0 radical (unpaired) electrons. The molecule has 0 atom stereocenters. The first-order valence-electron chi connectivity index (χ1n) is 4.32. The lowest BCUT2D eigenvalue weighted by molar-refractivity contribution is 0.112. The zero-order chi connectivity index (χ0) is 11.7. The minimum absolute atomic E-state index is 0.0582. The number of nitrogens with zero attached hydrogens (tertiary/aromatic N) is 2. The van der Waals surface area contributed by atoms with Crippen LogP contribution >= 0.6 is 11.6 Å². The van der Waals surface area contributed by atoms with E-state index < -0.39 is 5.82 Å². The van der Waals surface area contributed by atoms with Crippen LogP contribution in [-0.2, 0) is 0 Å². The van der Waals surface area contributed by atoms with Crippen molar-refractivity contribution in [3.63, 3.8) is 0 Å². The molecule has 0 bridgehead atoms. The molecule has 0 amide bonds. The largest absolute Gasteiger partial charge is 0.479 e. The highest BCUT2D eigenvalue weighted by Crippen LogP contribution is 2.25. The maximum Gasteiger partial charge on any atom is 0.252 e. The molecule has 0 saturated heterocycles. The highest BCUT2D eigenvalue weighted by molar-refractivity contribution is 6.31. The molecule has 0 aliphatic carbocycles. The maximum absolute atomic E-state index is 13.3. The molecular weight excluding hydrogens is 235 g/mol. The fourth-order valence-electron chi connectivity index (χ4n) is 1.32. The quantitative estimate of drug-likeness (QED) is 0.756. The van der Waals surface area contributed by atoms with Crippen molar-refractivity contribution >= 4 is 28.9 Å². The second-order valence-corrected chi connectivity index (χ2v) is 3.33. The summed E-state index contributed by atoms with van der Waals surface area (Å²) in [5.41, 5.74) is 0.325. The molecule has 0 unspecified atom stereocenters. The number of benzene rings is 1. The Bertz CT molecular complexity index is 574. The van der Waals surface area contributed by atoms with Gasteiger partial charge in [0.2, 0.25) is 0 Å².